The van der Waals surface area contributed by atoms with Crippen LogP contribution in [0.3, 0.4) is 0 Å². The number of alkyl halides is 2. The van der Waals surface area contributed by atoms with Gasteiger partial charge in [-0.1, -0.05) is 53.5 Å². The number of rotatable bonds is 3. The van der Waals surface area contributed by atoms with E-state index in [4.69, 9.17) is 56.0 Å². The molecule has 0 aromatic heterocycles. The highest BCUT2D eigenvalue weighted by atomic mass is 35.5. The van der Waals surface area contributed by atoms with E-state index in [1.807, 2.05) is 30.3 Å². The molecular formula is C20H15Cl4NO4. The second-order valence-corrected chi connectivity index (χ2v) is 10.5. The highest BCUT2D eigenvalue weighted by Gasteiger charge is 2.82. The Morgan fingerprint density at radius 2 is 1.48 bits per heavy atom. The first-order valence-corrected chi connectivity index (χ1v) is 10.9. The number of fused-ring (bicyclic) bond motifs is 12. The molecule has 1 saturated carbocycles. The Morgan fingerprint density at radius 1 is 0.966 bits per heavy atom. The molecule has 3 saturated heterocycles. The van der Waals surface area contributed by atoms with Gasteiger partial charge >= 0.3 is 0 Å². The molecule has 3 heterocycles. The number of amides is 2. The van der Waals surface area contributed by atoms with Gasteiger partial charge in [-0.15, -0.1) is 23.2 Å². The largest absolute Gasteiger partial charge is 0.373 e. The number of nitrogens with zero attached hydrogens (tertiary/aromatic N) is 1. The van der Waals surface area contributed by atoms with Crippen molar-refractivity contribution in [3.63, 3.8) is 0 Å². The predicted octanol–water partition coefficient (Wildman–Crippen LogP) is 3.79. The zero-order chi connectivity index (χ0) is 20.3. The highest BCUT2D eigenvalue weighted by molar-refractivity contribution is 6.51. The molecule has 152 valence electrons. The summed E-state index contributed by atoms with van der Waals surface area (Å²) in [5.74, 6) is -2.59. The quantitative estimate of drug-likeness (QED) is 0.494. The Morgan fingerprint density at radius 3 is 2.00 bits per heavy atom. The number of hydrogen-bond donors (Lipinski definition) is 0. The molecule has 9 heteroatoms. The first-order chi connectivity index (χ1) is 13.8. The van der Waals surface area contributed by atoms with E-state index in [9.17, 15) is 9.59 Å². The van der Waals surface area contributed by atoms with Gasteiger partial charge in [-0.3, -0.25) is 14.4 Å². The molecule has 3 aliphatic heterocycles. The van der Waals surface area contributed by atoms with E-state index in [-0.39, 0.29) is 30.3 Å². The summed E-state index contributed by atoms with van der Waals surface area (Å²) in [5, 5.41) is 1.56. The summed E-state index contributed by atoms with van der Waals surface area (Å²) in [4.78, 5) is 29.9. The van der Waals surface area contributed by atoms with Crippen molar-refractivity contribution in [1.29, 1.82) is 0 Å². The maximum Gasteiger partial charge on any atom is 0.260 e. The Hall–Kier alpha value is -0.820. The molecule has 2 amide bonds. The Kier molecular flexibility index (Phi) is 3.85. The number of halogens is 4. The second kappa shape index (κ2) is 5.90. The molecular weight excluding hydrogens is 460 g/mol. The van der Waals surface area contributed by atoms with Crippen molar-refractivity contribution < 1.29 is 19.2 Å². The van der Waals surface area contributed by atoms with Crippen LogP contribution in [0, 0.1) is 23.7 Å². The van der Waals surface area contributed by atoms with Crippen LogP contribution >= 0.6 is 46.4 Å². The summed E-state index contributed by atoms with van der Waals surface area (Å²) in [5.41, 5.74) is 0.862. The SMILES string of the molecule is O=C1C2C3OC(C2C(=O)N1OCc1ccccc1)C1C3C2(Cl)CC1(Cl)C(Cl)=C2Cl. The fraction of sp³-hybridized carbons (Fsp3) is 0.500. The molecule has 0 N–H and O–H groups in total. The van der Waals surface area contributed by atoms with E-state index < -0.39 is 33.8 Å². The zero-order valence-corrected chi connectivity index (χ0v) is 17.9. The van der Waals surface area contributed by atoms with Crippen LogP contribution in [0.5, 0.6) is 0 Å². The van der Waals surface area contributed by atoms with Crippen molar-refractivity contribution in [3.05, 3.63) is 46.0 Å². The Bertz CT molecular complexity index is 932. The van der Waals surface area contributed by atoms with Crippen molar-refractivity contribution in [2.45, 2.75) is 35.0 Å². The fourth-order valence-electron chi connectivity index (χ4n) is 6.11. The maximum absolute atomic E-state index is 13.1. The van der Waals surface area contributed by atoms with Crippen LogP contribution in [-0.2, 0) is 25.8 Å². The normalized spacial score (nSPS) is 46.8. The van der Waals surface area contributed by atoms with Crippen LogP contribution < -0.4 is 0 Å². The van der Waals surface area contributed by atoms with Gasteiger partial charge in [0.2, 0.25) is 0 Å². The van der Waals surface area contributed by atoms with E-state index in [1.165, 1.54) is 0 Å². The van der Waals surface area contributed by atoms with Gasteiger partial charge in [0.1, 0.15) is 6.61 Å². The average molecular weight is 475 g/mol. The fourth-order valence-corrected chi connectivity index (χ4v) is 8.12. The van der Waals surface area contributed by atoms with Gasteiger partial charge < -0.3 is 4.74 Å². The van der Waals surface area contributed by atoms with Crippen LogP contribution in [0.25, 0.3) is 0 Å². The summed E-state index contributed by atoms with van der Waals surface area (Å²) < 4.78 is 6.13. The molecule has 0 radical (unpaired) electrons. The molecule has 4 fully saturated rings. The van der Waals surface area contributed by atoms with E-state index >= 15 is 0 Å². The van der Waals surface area contributed by atoms with E-state index in [2.05, 4.69) is 0 Å². The van der Waals surface area contributed by atoms with Crippen molar-refractivity contribution in [3.8, 4) is 0 Å². The van der Waals surface area contributed by atoms with E-state index in [1.54, 1.807) is 0 Å². The number of imide groups is 1. The van der Waals surface area contributed by atoms with Crippen LogP contribution in [0.15, 0.2) is 40.4 Å². The molecule has 0 spiro atoms. The number of benzene rings is 1. The van der Waals surface area contributed by atoms with E-state index in [0.29, 0.717) is 16.5 Å². The average Bonchev–Trinajstić information content (AvgIpc) is 3.43. The van der Waals surface area contributed by atoms with Gasteiger partial charge in [-0.25, -0.2) is 0 Å². The third-order valence-corrected chi connectivity index (χ3v) is 9.66. The minimum absolute atomic E-state index is 0.124. The van der Waals surface area contributed by atoms with Gasteiger partial charge in [-0.05, 0) is 12.0 Å². The molecule has 2 aliphatic carbocycles. The first-order valence-electron chi connectivity index (χ1n) is 9.43. The minimum atomic E-state index is -0.961. The van der Waals surface area contributed by atoms with Crippen molar-refractivity contribution in [1.82, 2.24) is 5.06 Å². The lowest BCUT2D eigenvalue weighted by atomic mass is 9.65. The van der Waals surface area contributed by atoms with Crippen LogP contribution in [-0.4, -0.2) is 38.8 Å². The molecule has 8 unspecified atom stereocenters. The standard InChI is InChI=1S/C20H15Cl4NO4/c21-15-16(22)20(24)7-19(15,23)11-12(20)14-10-9(13(11)29-14)17(26)25(18(10)27)28-6-8-4-2-1-3-5-8/h1-5,9-14H,6-7H2. The number of carbonyl (C=O) groups is 2. The summed E-state index contributed by atoms with van der Waals surface area (Å²) in [7, 11) is 0. The molecule has 5 nitrogen and oxygen atoms in total. The summed E-state index contributed by atoms with van der Waals surface area (Å²) in [6.45, 7) is 0.124. The molecule has 8 atom stereocenters. The van der Waals surface area contributed by atoms with Gasteiger partial charge in [0, 0.05) is 11.8 Å². The van der Waals surface area contributed by atoms with Crippen LogP contribution in [0.4, 0.5) is 0 Å². The van der Waals surface area contributed by atoms with E-state index in [0.717, 1.165) is 10.6 Å². The van der Waals surface area contributed by atoms with Crippen LogP contribution in [0.1, 0.15) is 12.0 Å². The Balaban J connectivity index is 1.32. The topological polar surface area (TPSA) is 55.8 Å². The van der Waals surface area contributed by atoms with Crippen molar-refractivity contribution >= 4 is 58.2 Å². The lowest BCUT2D eigenvalue weighted by molar-refractivity contribution is -0.196. The first kappa shape index (κ1) is 18.9. The highest BCUT2D eigenvalue weighted by Crippen LogP contribution is 2.75. The van der Waals surface area contributed by atoms with Crippen molar-refractivity contribution in [2.75, 3.05) is 0 Å². The predicted molar refractivity (Wildman–Crippen MR) is 106 cm³/mol. The Labute approximate surface area is 186 Å². The van der Waals surface area contributed by atoms with Gasteiger partial charge in [0.15, 0.2) is 0 Å². The van der Waals surface area contributed by atoms with Crippen LogP contribution in [0.2, 0.25) is 0 Å². The lowest BCUT2D eigenvalue weighted by Gasteiger charge is -2.40. The van der Waals surface area contributed by atoms with Gasteiger partial charge in [-0.2, -0.15) is 5.06 Å². The molecule has 4 bridgehead atoms. The molecule has 6 rings (SSSR count). The summed E-state index contributed by atoms with van der Waals surface area (Å²) in [6.07, 6.45) is -0.690. The third kappa shape index (κ3) is 2.12. The minimum Gasteiger partial charge on any atom is -0.373 e. The summed E-state index contributed by atoms with van der Waals surface area (Å²) in [6, 6.07) is 9.35. The number of allylic oxidation sites excluding steroid dienone is 2. The monoisotopic (exact) mass is 473 g/mol. The molecule has 1 aromatic carbocycles. The number of ether oxygens (including phenoxy) is 1. The number of carbonyl (C=O) groups excluding carboxylic acids is 2. The van der Waals surface area contributed by atoms with Crippen molar-refractivity contribution in [2.24, 2.45) is 23.7 Å². The molecule has 5 aliphatic rings. The third-order valence-electron chi connectivity index (χ3n) is 7.17. The van der Waals surface area contributed by atoms with Gasteiger partial charge in [0.05, 0.1) is 43.9 Å². The summed E-state index contributed by atoms with van der Waals surface area (Å²) >= 11 is 26.7. The number of hydroxylamine groups is 2. The second-order valence-electron chi connectivity index (χ2n) is 8.43. The van der Waals surface area contributed by atoms with Gasteiger partial charge in [0.25, 0.3) is 11.8 Å². The maximum atomic E-state index is 13.1. The smallest absolute Gasteiger partial charge is 0.260 e. The zero-order valence-electron chi connectivity index (χ0n) is 14.9. The molecule has 1 aromatic rings. The number of hydrogen-bond acceptors (Lipinski definition) is 4. The molecule has 29 heavy (non-hydrogen) atoms. The lowest BCUT2D eigenvalue weighted by Crippen LogP contribution is -2.50.